The second-order valence-corrected chi connectivity index (χ2v) is 24.1. The molecule has 376 valence electrons. The largest absolute Gasteiger partial charge is 1.00 e. The quantitative estimate of drug-likeness (QED) is 0.0226. The predicted octanol–water partition coefficient (Wildman–Crippen LogP) is -7.35. The molecule has 6 rings (SSSR count). The van der Waals surface area contributed by atoms with Gasteiger partial charge in [0.2, 0.25) is 11.6 Å². The van der Waals surface area contributed by atoms with Gasteiger partial charge in [-0.3, -0.25) is 9.83 Å². The van der Waals surface area contributed by atoms with Gasteiger partial charge < -0.3 is 33.8 Å². The molecule has 3 aliphatic heterocycles. The number of allylic oxidation sites excluding steroid dienone is 7. The molecule has 1 aliphatic carbocycles. The number of amides is 1. The normalized spacial score (nSPS) is 22.5. The Bertz CT molecular complexity index is 2900. The molecule has 4 aliphatic rings. The van der Waals surface area contributed by atoms with E-state index in [4.69, 9.17) is 0 Å². The van der Waals surface area contributed by atoms with Crippen molar-refractivity contribution in [1.82, 2.24) is 4.90 Å². The van der Waals surface area contributed by atoms with Gasteiger partial charge in [0, 0.05) is 82.3 Å². The van der Waals surface area contributed by atoms with Gasteiger partial charge in [-0.2, -0.15) is 14.2 Å². The first-order valence-corrected chi connectivity index (χ1v) is 28.0. The summed E-state index contributed by atoms with van der Waals surface area (Å²) in [5.74, 6) is -5.00. The van der Waals surface area contributed by atoms with Crippen molar-refractivity contribution in [1.29, 1.82) is 5.26 Å². The molecule has 73 heavy (non-hydrogen) atoms. The summed E-state index contributed by atoms with van der Waals surface area (Å²) in [5, 5.41) is 39.3. The number of nitrogens with zero attached hydrogens (tertiary/aromatic N) is 4. The van der Waals surface area contributed by atoms with E-state index in [0.717, 1.165) is 39.5 Å². The van der Waals surface area contributed by atoms with Crippen LogP contribution in [0, 0.1) is 35.0 Å². The van der Waals surface area contributed by atoms with Crippen molar-refractivity contribution in [3.05, 3.63) is 94.6 Å². The molecule has 1 amide bonds. The van der Waals surface area contributed by atoms with Gasteiger partial charge in [-0.05, 0) is 112 Å². The van der Waals surface area contributed by atoms with Crippen molar-refractivity contribution in [3.63, 3.8) is 0 Å². The molecular weight excluding hydrogens is 1060 g/mol. The van der Waals surface area contributed by atoms with E-state index in [2.05, 4.69) is 15.4 Å². The van der Waals surface area contributed by atoms with Gasteiger partial charge in [0.05, 0.1) is 48.7 Å². The second-order valence-electron chi connectivity index (χ2n) is 18.9. The first kappa shape index (κ1) is 68.7. The Kier molecular flexibility index (Phi) is 26.5. The summed E-state index contributed by atoms with van der Waals surface area (Å²) in [5.41, 5.74) is 3.92. The van der Waals surface area contributed by atoms with Gasteiger partial charge in [0.1, 0.15) is 22.6 Å². The molecule has 0 saturated heterocycles. The van der Waals surface area contributed by atoms with Gasteiger partial charge in [-0.1, -0.05) is 45.4 Å². The standard InChI is InChI=1S/C47H60N4O14S4.4Na/c1-7-22-51-44(52)35(29-48)30(2)42(45(51)53)43-31(14-20-40-46(3,4)36-27-33(66-65-64-54)16-18-38(36)49(40)23-8-10-25-67(55,56)57)12-13-32(43)15-21-41-47(5,6)37-28-34(69(61,62)63)17-19-39(37)50(41)24-9-11-26-68(58,59)60;;;;/h14-21,27-28,30-31,35,43H,7-13,22-26H2,1-6H3,(H4-,53,54,55,56,57,58,59,60,61,62,63);;;;/q;4*+1/p-4/b20-14?,32-15?,41-21+;;;;. The summed E-state index contributed by atoms with van der Waals surface area (Å²) < 4.78 is 112. The Labute approximate surface area is 522 Å². The Morgan fingerprint density at radius 2 is 1.51 bits per heavy atom. The molecule has 2 aromatic carbocycles. The summed E-state index contributed by atoms with van der Waals surface area (Å²) >= 11 is 0.736. The maximum absolute atomic E-state index is 14.7. The fourth-order valence-electron chi connectivity index (χ4n) is 10.3. The summed E-state index contributed by atoms with van der Waals surface area (Å²) in [6.45, 7) is 12.0. The van der Waals surface area contributed by atoms with Crippen LogP contribution in [0.25, 0.3) is 0 Å². The third-order valence-corrected chi connectivity index (χ3v) is 16.7. The minimum Gasteiger partial charge on any atom is -0.860 e. The van der Waals surface area contributed by atoms with Crippen LogP contribution < -0.4 is 133 Å². The maximum Gasteiger partial charge on any atom is 1.00 e. The Hall–Kier alpha value is -0.410. The van der Waals surface area contributed by atoms with E-state index in [1.165, 1.54) is 18.2 Å². The monoisotopic (exact) mass is 1120 g/mol. The molecule has 1 fully saturated rings. The molecular formula is C47H56N4Na4O14S4. The Balaban J connectivity index is 0.00000456. The minimum atomic E-state index is -4.84. The van der Waals surface area contributed by atoms with Crippen LogP contribution in [-0.4, -0.2) is 91.1 Å². The summed E-state index contributed by atoms with van der Waals surface area (Å²) in [4.78, 5) is 16.9. The molecule has 4 unspecified atom stereocenters. The van der Waals surface area contributed by atoms with Crippen molar-refractivity contribution in [3.8, 4) is 6.07 Å². The van der Waals surface area contributed by atoms with Crippen LogP contribution in [0.1, 0.15) is 97.6 Å². The van der Waals surface area contributed by atoms with Crippen molar-refractivity contribution in [2.45, 2.75) is 107 Å². The van der Waals surface area contributed by atoms with Crippen molar-refractivity contribution < 1.29 is 186 Å². The first-order valence-electron chi connectivity index (χ1n) is 22.7. The molecule has 18 nitrogen and oxygen atoms in total. The third-order valence-electron chi connectivity index (χ3n) is 13.7. The van der Waals surface area contributed by atoms with Crippen LogP contribution >= 0.6 is 12.0 Å². The molecule has 3 heterocycles. The number of unbranched alkanes of at least 4 members (excludes halogenated alkanes) is 2. The molecule has 0 spiro atoms. The maximum atomic E-state index is 14.7. The number of carbonyl (C=O) groups is 1. The first-order chi connectivity index (χ1) is 32.3. The summed E-state index contributed by atoms with van der Waals surface area (Å²) in [6.07, 6.45) is 10.1. The fraction of sp³-hybridized carbons (Fsp3) is 0.511. The van der Waals surface area contributed by atoms with Crippen molar-refractivity contribution >= 4 is 65.4 Å². The van der Waals surface area contributed by atoms with E-state index in [-0.39, 0.29) is 156 Å². The number of benzene rings is 2. The van der Waals surface area contributed by atoms with Crippen LogP contribution in [0.3, 0.4) is 0 Å². The summed E-state index contributed by atoms with van der Waals surface area (Å²) in [6, 6.07) is 11.7. The van der Waals surface area contributed by atoms with E-state index in [0.29, 0.717) is 59.6 Å². The minimum absolute atomic E-state index is 0. The molecule has 0 aromatic heterocycles. The fourth-order valence-corrected chi connectivity index (χ4v) is 12.3. The smallest absolute Gasteiger partial charge is 0.860 e. The van der Waals surface area contributed by atoms with Crippen LogP contribution in [0.15, 0.2) is 93.2 Å². The van der Waals surface area contributed by atoms with Crippen LogP contribution in [0.2, 0.25) is 0 Å². The molecule has 0 bridgehead atoms. The van der Waals surface area contributed by atoms with E-state index >= 15 is 0 Å². The van der Waals surface area contributed by atoms with E-state index < -0.39 is 87.1 Å². The third kappa shape index (κ3) is 15.9. The van der Waals surface area contributed by atoms with Gasteiger partial charge in [-0.15, -0.1) is 0 Å². The second kappa shape index (κ2) is 28.1. The van der Waals surface area contributed by atoms with Crippen LogP contribution in [0.4, 0.5) is 11.4 Å². The predicted molar refractivity (Wildman–Crippen MR) is 248 cm³/mol. The number of carbonyl (C=O) groups excluding carboxylic acids is 1. The Morgan fingerprint density at radius 1 is 0.863 bits per heavy atom. The van der Waals surface area contributed by atoms with Crippen LogP contribution in [-0.2, 0) is 55.4 Å². The van der Waals surface area contributed by atoms with Crippen molar-refractivity contribution in [2.75, 3.05) is 36.0 Å². The number of fused-ring (bicyclic) bond motifs is 2. The SMILES string of the molecule is CCCN1C(=O)C(C#N)C(C)C(C2C(=C/C=C3/N(CCCCS(=O)(=O)[O-])c4ccc(S(=O)(=O)[O-])cc4C3(C)C)CCC2C=CC2=[N+](CCCCS(=O)(=O)[O-])c3ccc(SOO[O-])cc3C2(C)C)=C1[O-].[Na+].[Na+].[Na+].[Na+]. The van der Waals surface area contributed by atoms with Crippen LogP contribution in [0.5, 0.6) is 0 Å². The zero-order valence-corrected chi connectivity index (χ0v) is 54.5. The van der Waals surface area contributed by atoms with Gasteiger partial charge in [0.25, 0.3) is 0 Å². The zero-order valence-electron chi connectivity index (χ0n) is 43.2. The number of nitriles is 1. The molecule has 4 atom stereocenters. The number of hydrogen-bond acceptors (Lipinski definition) is 17. The van der Waals surface area contributed by atoms with E-state index in [9.17, 15) is 59.3 Å². The average Bonchev–Trinajstić information content (AvgIpc) is 3.82. The molecule has 1 saturated carbocycles. The Morgan fingerprint density at radius 3 is 2.10 bits per heavy atom. The van der Waals surface area contributed by atoms with E-state index in [1.54, 1.807) is 13.0 Å². The van der Waals surface area contributed by atoms with Gasteiger partial charge in [-0.25, -0.2) is 25.3 Å². The van der Waals surface area contributed by atoms with E-state index in [1.807, 2.05) is 80.5 Å². The number of rotatable bonds is 20. The molecule has 0 radical (unpaired) electrons. The average molecular weight is 1120 g/mol. The topological polar surface area (TPSA) is 287 Å². The molecule has 26 heteroatoms. The molecule has 0 N–H and O–H groups in total. The van der Waals surface area contributed by atoms with Gasteiger partial charge in [0.15, 0.2) is 5.71 Å². The summed E-state index contributed by atoms with van der Waals surface area (Å²) in [7, 11) is -13.8. The van der Waals surface area contributed by atoms with Crippen molar-refractivity contribution in [2.24, 2.45) is 23.7 Å². The number of hydrogen-bond donors (Lipinski definition) is 0. The molecule has 2 aromatic rings. The number of anilines is 1. The zero-order chi connectivity index (χ0) is 50.9. The van der Waals surface area contributed by atoms with Gasteiger partial charge >= 0.3 is 118 Å².